The summed E-state index contributed by atoms with van der Waals surface area (Å²) >= 11 is 0. The molecular weight excluding hydrogens is 318 g/mol. The number of rotatable bonds is 5. The molecule has 3 heteroatoms. The molecular formula is C23H29N3. The topological polar surface area (TPSA) is 21.1 Å². The molecule has 3 aromatic rings. The molecule has 1 aliphatic rings. The predicted molar refractivity (Wildman–Crippen MR) is 109 cm³/mol. The number of fused-ring (bicyclic) bond motifs is 3. The van der Waals surface area contributed by atoms with Crippen LogP contribution in [0.15, 0.2) is 42.6 Å². The average Bonchev–Trinajstić information content (AvgIpc) is 2.98. The van der Waals surface area contributed by atoms with Gasteiger partial charge in [-0.3, -0.25) is 9.88 Å². The van der Waals surface area contributed by atoms with E-state index in [4.69, 9.17) is 0 Å². The van der Waals surface area contributed by atoms with Crippen LogP contribution in [0.5, 0.6) is 0 Å². The van der Waals surface area contributed by atoms with Crippen molar-refractivity contribution in [2.45, 2.75) is 59.2 Å². The maximum atomic E-state index is 4.52. The zero-order valence-corrected chi connectivity index (χ0v) is 16.2. The van der Waals surface area contributed by atoms with Gasteiger partial charge in [0.15, 0.2) is 0 Å². The maximum absolute atomic E-state index is 4.52. The molecule has 3 nitrogen and oxygen atoms in total. The summed E-state index contributed by atoms with van der Waals surface area (Å²) in [7, 11) is 0. The molecule has 0 amide bonds. The van der Waals surface area contributed by atoms with Crippen LogP contribution in [0.25, 0.3) is 10.9 Å². The largest absolute Gasteiger partial charge is 0.344 e. The summed E-state index contributed by atoms with van der Waals surface area (Å²) in [5.41, 5.74) is 7.10. The van der Waals surface area contributed by atoms with Gasteiger partial charge in [0, 0.05) is 60.5 Å². The molecule has 0 aliphatic carbocycles. The highest BCUT2D eigenvalue weighted by atomic mass is 15.2. The van der Waals surface area contributed by atoms with Crippen LogP contribution in [0.4, 0.5) is 0 Å². The van der Waals surface area contributed by atoms with Crippen LogP contribution < -0.4 is 0 Å². The first-order valence-electron chi connectivity index (χ1n) is 9.98. The van der Waals surface area contributed by atoms with Gasteiger partial charge in [0.05, 0.1) is 0 Å². The lowest BCUT2D eigenvalue weighted by Gasteiger charge is -2.33. The fourth-order valence-electron chi connectivity index (χ4n) is 4.37. The van der Waals surface area contributed by atoms with E-state index in [9.17, 15) is 0 Å². The average molecular weight is 348 g/mol. The Morgan fingerprint density at radius 1 is 1.15 bits per heavy atom. The molecule has 0 fully saturated rings. The van der Waals surface area contributed by atoms with E-state index >= 15 is 0 Å². The Morgan fingerprint density at radius 2 is 2.04 bits per heavy atom. The molecule has 1 unspecified atom stereocenters. The van der Waals surface area contributed by atoms with Crippen molar-refractivity contribution in [1.82, 2.24) is 14.5 Å². The number of aryl methyl sites for hydroxylation is 3. The molecule has 1 aliphatic heterocycles. The lowest BCUT2D eigenvalue weighted by molar-refractivity contribution is 0.192. The SMILES string of the molecule is CCc1ccc2c(c1)c1c(n2CCc2ccccn2)CC(C)N(CC)C1. The van der Waals surface area contributed by atoms with E-state index in [2.05, 4.69) is 65.6 Å². The van der Waals surface area contributed by atoms with Crippen molar-refractivity contribution in [3.63, 3.8) is 0 Å². The normalized spacial score (nSPS) is 17.6. The quantitative estimate of drug-likeness (QED) is 0.672. The van der Waals surface area contributed by atoms with Crippen molar-refractivity contribution in [3.05, 3.63) is 65.1 Å². The van der Waals surface area contributed by atoms with Crippen LogP contribution in [0.1, 0.15) is 43.3 Å². The van der Waals surface area contributed by atoms with Crippen LogP contribution in [0.2, 0.25) is 0 Å². The Hall–Kier alpha value is -2.13. The summed E-state index contributed by atoms with van der Waals surface area (Å²) in [6, 6.07) is 13.9. The zero-order valence-electron chi connectivity index (χ0n) is 16.2. The van der Waals surface area contributed by atoms with Crippen molar-refractivity contribution in [1.29, 1.82) is 0 Å². The highest BCUT2D eigenvalue weighted by Crippen LogP contribution is 2.34. The molecule has 0 saturated heterocycles. The second-order valence-corrected chi connectivity index (χ2v) is 7.47. The van der Waals surface area contributed by atoms with Crippen LogP contribution in [0.3, 0.4) is 0 Å². The first-order chi connectivity index (χ1) is 12.7. The monoisotopic (exact) mass is 347 g/mol. The Balaban J connectivity index is 1.77. The molecule has 0 radical (unpaired) electrons. The van der Waals surface area contributed by atoms with Crippen LogP contribution >= 0.6 is 0 Å². The van der Waals surface area contributed by atoms with E-state index in [0.29, 0.717) is 6.04 Å². The molecule has 136 valence electrons. The van der Waals surface area contributed by atoms with Crippen molar-refractivity contribution < 1.29 is 0 Å². The summed E-state index contributed by atoms with van der Waals surface area (Å²) in [6.45, 7) is 10.1. The van der Waals surface area contributed by atoms with Gasteiger partial charge in [-0.15, -0.1) is 0 Å². The second kappa shape index (κ2) is 7.24. The van der Waals surface area contributed by atoms with Crippen molar-refractivity contribution >= 4 is 10.9 Å². The number of benzene rings is 1. The Morgan fingerprint density at radius 3 is 2.77 bits per heavy atom. The van der Waals surface area contributed by atoms with Gasteiger partial charge in [0.2, 0.25) is 0 Å². The third-order valence-electron chi connectivity index (χ3n) is 5.96. The minimum Gasteiger partial charge on any atom is -0.344 e. The first kappa shape index (κ1) is 17.3. The lowest BCUT2D eigenvalue weighted by atomic mass is 9.98. The Kier molecular flexibility index (Phi) is 4.82. The maximum Gasteiger partial charge on any atom is 0.0486 e. The van der Waals surface area contributed by atoms with Gasteiger partial charge in [-0.05, 0) is 55.3 Å². The number of likely N-dealkylation sites (N-methyl/N-ethyl adjacent to an activating group) is 1. The van der Waals surface area contributed by atoms with E-state index in [1.54, 1.807) is 11.3 Å². The van der Waals surface area contributed by atoms with Gasteiger partial charge in [-0.25, -0.2) is 0 Å². The van der Waals surface area contributed by atoms with Crippen molar-refractivity contribution in [2.75, 3.05) is 6.54 Å². The molecule has 0 spiro atoms. The minimum atomic E-state index is 0.607. The number of nitrogens with zero attached hydrogens (tertiary/aromatic N) is 3. The lowest BCUT2D eigenvalue weighted by Crippen LogP contribution is -2.38. The van der Waals surface area contributed by atoms with Gasteiger partial charge in [-0.1, -0.05) is 26.0 Å². The summed E-state index contributed by atoms with van der Waals surface area (Å²) in [5, 5.41) is 1.46. The summed E-state index contributed by atoms with van der Waals surface area (Å²) in [4.78, 5) is 7.12. The fraction of sp³-hybridized carbons (Fsp3) is 0.435. The highest BCUT2D eigenvalue weighted by Gasteiger charge is 2.27. The van der Waals surface area contributed by atoms with E-state index in [1.165, 1.54) is 22.2 Å². The zero-order chi connectivity index (χ0) is 18.1. The molecule has 1 atom stereocenters. The van der Waals surface area contributed by atoms with Crippen molar-refractivity contribution in [3.8, 4) is 0 Å². The molecule has 0 N–H and O–H groups in total. The number of pyridine rings is 1. The molecule has 2 aromatic heterocycles. The minimum absolute atomic E-state index is 0.607. The molecule has 3 heterocycles. The molecule has 26 heavy (non-hydrogen) atoms. The number of hydrogen-bond donors (Lipinski definition) is 0. The first-order valence-corrected chi connectivity index (χ1v) is 9.98. The smallest absolute Gasteiger partial charge is 0.0486 e. The van der Waals surface area contributed by atoms with Gasteiger partial charge in [0.1, 0.15) is 0 Å². The predicted octanol–water partition coefficient (Wildman–Crippen LogP) is 4.61. The molecule has 1 aromatic carbocycles. The van der Waals surface area contributed by atoms with Gasteiger partial charge < -0.3 is 4.57 Å². The Labute approximate surface area is 156 Å². The van der Waals surface area contributed by atoms with Crippen LogP contribution in [0, 0.1) is 0 Å². The van der Waals surface area contributed by atoms with E-state index in [0.717, 1.165) is 38.9 Å². The molecule has 4 rings (SSSR count). The van der Waals surface area contributed by atoms with Gasteiger partial charge in [0.25, 0.3) is 0 Å². The standard InChI is InChI=1S/C23H29N3/c1-4-18-9-10-22-20(15-18)21-16-25(5-2)17(3)14-23(21)26(22)13-11-19-8-6-7-12-24-19/h6-10,12,15,17H,4-5,11,13-14,16H2,1-3H3. The third kappa shape index (κ3) is 3.05. The number of hydrogen-bond acceptors (Lipinski definition) is 2. The molecule has 0 saturated carbocycles. The summed E-state index contributed by atoms with van der Waals surface area (Å²) < 4.78 is 2.57. The van der Waals surface area contributed by atoms with E-state index in [-0.39, 0.29) is 0 Å². The molecule has 0 bridgehead atoms. The van der Waals surface area contributed by atoms with Gasteiger partial charge >= 0.3 is 0 Å². The fourth-order valence-corrected chi connectivity index (χ4v) is 4.37. The van der Waals surface area contributed by atoms with E-state index < -0.39 is 0 Å². The van der Waals surface area contributed by atoms with Crippen LogP contribution in [-0.2, 0) is 32.4 Å². The number of aromatic nitrogens is 2. The van der Waals surface area contributed by atoms with Crippen molar-refractivity contribution in [2.24, 2.45) is 0 Å². The second-order valence-electron chi connectivity index (χ2n) is 7.47. The van der Waals surface area contributed by atoms with E-state index in [1.807, 2.05) is 12.3 Å². The third-order valence-corrected chi connectivity index (χ3v) is 5.96. The Bertz CT molecular complexity index is 895. The van der Waals surface area contributed by atoms with Crippen LogP contribution in [-0.4, -0.2) is 27.0 Å². The van der Waals surface area contributed by atoms with Gasteiger partial charge in [-0.2, -0.15) is 0 Å². The summed E-state index contributed by atoms with van der Waals surface area (Å²) in [6.07, 6.45) is 5.12. The highest BCUT2D eigenvalue weighted by molar-refractivity contribution is 5.86. The summed E-state index contributed by atoms with van der Waals surface area (Å²) in [5.74, 6) is 0.